The number of rotatable bonds is 16. The average molecular weight is 566 g/mol. The molecule has 0 bridgehead atoms. The number of carbonyl (C=O) groups is 4. The van der Waals surface area contributed by atoms with E-state index in [2.05, 4.69) is 20.9 Å². The Hall–Kier alpha value is -2.70. The minimum Gasteiger partial charge on any atom is -0.480 e. The number of amides is 3. The van der Waals surface area contributed by atoms with Gasteiger partial charge in [-0.25, -0.2) is 4.79 Å². The smallest absolute Gasteiger partial charge is 0.326 e. The number of benzene rings is 1. The lowest BCUT2D eigenvalue weighted by molar-refractivity contribution is -0.143. The topological polar surface area (TPSA) is 166 Å². The van der Waals surface area contributed by atoms with Crippen LogP contribution >= 0.6 is 23.5 Å². The van der Waals surface area contributed by atoms with Crippen LogP contribution in [0, 0.1) is 5.92 Å². The third-order valence-corrected chi connectivity index (χ3v) is 7.46. The lowest BCUT2D eigenvalue weighted by atomic mass is 10.0. The first-order valence-corrected chi connectivity index (χ1v) is 15.3. The Balaban J connectivity index is 2.28. The molecule has 2 aromatic rings. The van der Waals surface area contributed by atoms with Gasteiger partial charge in [-0.05, 0) is 54.4 Å². The van der Waals surface area contributed by atoms with Crippen molar-refractivity contribution in [3.05, 3.63) is 36.0 Å². The van der Waals surface area contributed by atoms with Crippen molar-refractivity contribution in [1.29, 1.82) is 0 Å². The van der Waals surface area contributed by atoms with E-state index in [0.29, 0.717) is 24.3 Å². The van der Waals surface area contributed by atoms with Crippen molar-refractivity contribution in [2.75, 3.05) is 24.0 Å². The Bertz CT molecular complexity index is 1090. The number of fused-ring (bicyclic) bond motifs is 1. The van der Waals surface area contributed by atoms with E-state index >= 15 is 0 Å². The van der Waals surface area contributed by atoms with Crippen LogP contribution in [-0.4, -0.2) is 82.0 Å². The van der Waals surface area contributed by atoms with Crippen LogP contribution in [0.5, 0.6) is 0 Å². The molecule has 3 amide bonds. The molecule has 0 spiro atoms. The fourth-order valence-corrected chi connectivity index (χ4v) is 4.89. The molecule has 7 N–H and O–H groups in total. The number of carboxylic acids is 1. The first-order chi connectivity index (χ1) is 18.1. The van der Waals surface area contributed by atoms with E-state index in [1.165, 1.54) is 11.8 Å². The fourth-order valence-electron chi connectivity index (χ4n) is 3.93. The highest BCUT2D eigenvalue weighted by Gasteiger charge is 2.31. The summed E-state index contributed by atoms with van der Waals surface area (Å²) in [6.45, 7) is 3.39. The van der Waals surface area contributed by atoms with Gasteiger partial charge >= 0.3 is 5.97 Å². The zero-order valence-electron chi connectivity index (χ0n) is 22.3. The number of hydrogen-bond acceptors (Lipinski definition) is 7. The molecule has 0 fully saturated rings. The van der Waals surface area contributed by atoms with Crippen molar-refractivity contribution < 1.29 is 24.3 Å². The van der Waals surface area contributed by atoms with Gasteiger partial charge in [0.15, 0.2) is 0 Å². The van der Waals surface area contributed by atoms with E-state index in [1.807, 2.05) is 36.8 Å². The van der Waals surface area contributed by atoms with Gasteiger partial charge in [0, 0.05) is 23.5 Å². The number of carbonyl (C=O) groups excluding carboxylic acids is 3. The van der Waals surface area contributed by atoms with Gasteiger partial charge < -0.3 is 31.8 Å². The van der Waals surface area contributed by atoms with E-state index in [4.69, 9.17) is 5.73 Å². The number of aromatic nitrogens is 1. The molecule has 38 heavy (non-hydrogen) atoms. The Morgan fingerprint density at radius 3 is 2.16 bits per heavy atom. The lowest BCUT2D eigenvalue weighted by Crippen LogP contribution is -2.58. The Morgan fingerprint density at radius 1 is 0.921 bits per heavy atom. The minimum atomic E-state index is -1.15. The van der Waals surface area contributed by atoms with Gasteiger partial charge in [-0.2, -0.15) is 23.5 Å². The van der Waals surface area contributed by atoms with Crippen LogP contribution < -0.4 is 21.7 Å². The molecule has 210 valence electrons. The van der Waals surface area contributed by atoms with Crippen LogP contribution in [-0.2, 0) is 25.6 Å². The van der Waals surface area contributed by atoms with Crippen molar-refractivity contribution in [2.24, 2.45) is 11.7 Å². The predicted octanol–water partition coefficient (Wildman–Crippen LogP) is 1.74. The molecule has 1 heterocycles. The third kappa shape index (κ3) is 9.25. The average Bonchev–Trinajstić information content (AvgIpc) is 3.29. The first-order valence-electron chi connectivity index (χ1n) is 12.5. The highest BCUT2D eigenvalue weighted by atomic mass is 32.2. The Morgan fingerprint density at radius 2 is 1.53 bits per heavy atom. The molecule has 0 aliphatic heterocycles. The van der Waals surface area contributed by atoms with Gasteiger partial charge in [-0.3, -0.25) is 14.4 Å². The van der Waals surface area contributed by atoms with E-state index in [-0.39, 0.29) is 12.3 Å². The summed E-state index contributed by atoms with van der Waals surface area (Å²) in [6.07, 6.45) is 6.52. The van der Waals surface area contributed by atoms with Crippen molar-refractivity contribution in [3.63, 3.8) is 0 Å². The normalized spacial score (nSPS) is 14.5. The van der Waals surface area contributed by atoms with Gasteiger partial charge in [-0.15, -0.1) is 0 Å². The van der Waals surface area contributed by atoms with Gasteiger partial charge in [-0.1, -0.05) is 32.0 Å². The summed E-state index contributed by atoms with van der Waals surface area (Å²) in [5.41, 5.74) is 7.78. The maximum absolute atomic E-state index is 13.5. The molecule has 4 atom stereocenters. The molecular weight excluding hydrogens is 526 g/mol. The van der Waals surface area contributed by atoms with E-state index in [9.17, 15) is 24.3 Å². The summed E-state index contributed by atoms with van der Waals surface area (Å²) < 4.78 is 0. The van der Waals surface area contributed by atoms with Gasteiger partial charge in [0.05, 0.1) is 6.04 Å². The summed E-state index contributed by atoms with van der Waals surface area (Å²) >= 11 is 3.08. The lowest BCUT2D eigenvalue weighted by Gasteiger charge is -2.26. The maximum Gasteiger partial charge on any atom is 0.326 e. The number of para-hydroxylation sites is 1. The van der Waals surface area contributed by atoms with Crippen LogP contribution in [0.25, 0.3) is 10.9 Å². The van der Waals surface area contributed by atoms with Gasteiger partial charge in [0.25, 0.3) is 0 Å². The number of aliphatic carboxylic acids is 1. The second kappa shape index (κ2) is 15.6. The quantitative estimate of drug-likeness (QED) is 0.179. The summed E-state index contributed by atoms with van der Waals surface area (Å²) in [5.74, 6) is -1.80. The molecule has 0 saturated carbocycles. The molecule has 0 aliphatic carbocycles. The second-order valence-corrected chi connectivity index (χ2v) is 11.4. The highest BCUT2D eigenvalue weighted by Crippen LogP contribution is 2.19. The van der Waals surface area contributed by atoms with Gasteiger partial charge in [0.2, 0.25) is 17.7 Å². The molecule has 2 rings (SSSR count). The molecule has 4 unspecified atom stereocenters. The molecule has 0 radical (unpaired) electrons. The van der Waals surface area contributed by atoms with Crippen LogP contribution in [0.3, 0.4) is 0 Å². The number of nitrogens with two attached hydrogens (primary N) is 1. The third-order valence-electron chi connectivity index (χ3n) is 6.18. The number of nitrogens with one attached hydrogen (secondary N) is 4. The summed E-state index contributed by atoms with van der Waals surface area (Å²) in [7, 11) is 0. The van der Waals surface area contributed by atoms with E-state index in [0.717, 1.165) is 16.5 Å². The molecule has 12 heteroatoms. The molecule has 1 aromatic carbocycles. The number of aromatic amines is 1. The first kappa shape index (κ1) is 31.5. The van der Waals surface area contributed by atoms with Crippen LogP contribution in [0.15, 0.2) is 30.5 Å². The van der Waals surface area contributed by atoms with Gasteiger partial charge in [0.1, 0.15) is 18.1 Å². The van der Waals surface area contributed by atoms with Crippen molar-refractivity contribution in [1.82, 2.24) is 20.9 Å². The van der Waals surface area contributed by atoms with Crippen molar-refractivity contribution in [3.8, 4) is 0 Å². The number of H-pyrrole nitrogens is 1. The number of carboxylic acid groups (broad SMARTS) is 1. The Labute approximate surface area is 232 Å². The molecule has 1 aromatic heterocycles. The van der Waals surface area contributed by atoms with E-state index < -0.39 is 47.9 Å². The Kier molecular flexibility index (Phi) is 13.0. The summed E-state index contributed by atoms with van der Waals surface area (Å²) in [6, 6.07) is 3.80. The zero-order chi connectivity index (χ0) is 28.2. The zero-order valence-corrected chi connectivity index (χ0v) is 23.9. The number of hydrogen-bond donors (Lipinski definition) is 6. The molecule has 10 nitrogen and oxygen atoms in total. The molecule has 0 saturated heterocycles. The van der Waals surface area contributed by atoms with Crippen molar-refractivity contribution >= 4 is 58.1 Å². The summed E-state index contributed by atoms with van der Waals surface area (Å²) in [4.78, 5) is 54.2. The van der Waals surface area contributed by atoms with E-state index in [1.54, 1.807) is 31.8 Å². The molecular formula is C26H39N5O5S2. The highest BCUT2D eigenvalue weighted by molar-refractivity contribution is 7.98. The standard InChI is InChI=1S/C26H39N5O5S2/c1-15(2)22(26(35)36)31-24(33)20(10-12-38-4)29-25(34)21(30-23(32)18(27)9-11-37-3)13-16-14-28-19-8-6-5-7-17(16)19/h5-8,14-15,18,20-22,28H,9-13,27H2,1-4H3,(H,29,34)(H,30,32)(H,31,33)(H,35,36). The molecule has 0 aliphatic rings. The largest absolute Gasteiger partial charge is 0.480 e. The van der Waals surface area contributed by atoms with Crippen LogP contribution in [0.4, 0.5) is 0 Å². The van der Waals surface area contributed by atoms with Crippen LogP contribution in [0.1, 0.15) is 32.3 Å². The fraction of sp³-hybridized carbons (Fsp3) is 0.538. The predicted molar refractivity (Wildman–Crippen MR) is 154 cm³/mol. The second-order valence-electron chi connectivity index (χ2n) is 9.42. The SMILES string of the molecule is CSCCC(N)C(=O)NC(Cc1c[nH]c2ccccc12)C(=O)NC(CCSC)C(=O)NC(C(=O)O)C(C)C. The number of thioether (sulfide) groups is 2. The maximum atomic E-state index is 13.5. The van der Waals surface area contributed by atoms with Crippen LogP contribution in [0.2, 0.25) is 0 Å². The van der Waals surface area contributed by atoms with Crippen molar-refractivity contribution in [2.45, 2.75) is 57.3 Å². The summed E-state index contributed by atoms with van der Waals surface area (Å²) in [5, 5.41) is 18.5. The monoisotopic (exact) mass is 565 g/mol. The minimum absolute atomic E-state index is 0.178.